The molecule has 1 saturated heterocycles. The first-order valence-electron chi connectivity index (χ1n) is 8.01. The van der Waals surface area contributed by atoms with Crippen molar-refractivity contribution in [1.82, 2.24) is 14.9 Å². The van der Waals surface area contributed by atoms with Crippen molar-refractivity contribution in [1.29, 1.82) is 0 Å². The zero-order valence-corrected chi connectivity index (χ0v) is 13.1. The van der Waals surface area contributed by atoms with E-state index in [0.29, 0.717) is 13.0 Å². The Balaban J connectivity index is 1.73. The van der Waals surface area contributed by atoms with Gasteiger partial charge in [0.1, 0.15) is 5.82 Å². The second kappa shape index (κ2) is 7.18. The van der Waals surface area contributed by atoms with E-state index in [1.165, 1.54) is 0 Å². The predicted octanol–water partition coefficient (Wildman–Crippen LogP) is 3.15. The highest BCUT2D eigenvalue weighted by Crippen LogP contribution is 2.29. The summed E-state index contributed by atoms with van der Waals surface area (Å²) in [4.78, 5) is 23.6. The Labute approximate surface area is 136 Å². The number of rotatable bonds is 5. The van der Waals surface area contributed by atoms with Crippen molar-refractivity contribution in [2.45, 2.75) is 24.7 Å². The van der Waals surface area contributed by atoms with Gasteiger partial charge in [0.15, 0.2) is 0 Å². The number of carbonyl (C=O) groups excluding carboxylic acids is 1. The molecule has 1 aromatic carbocycles. The number of hydrogen-bond donors (Lipinski definition) is 0. The zero-order chi connectivity index (χ0) is 16.1. The lowest BCUT2D eigenvalue weighted by atomic mass is 9.94. The van der Waals surface area contributed by atoms with Gasteiger partial charge in [-0.2, -0.15) is 0 Å². The molecule has 1 aliphatic rings. The van der Waals surface area contributed by atoms with Crippen molar-refractivity contribution in [3.05, 3.63) is 72.8 Å². The van der Waals surface area contributed by atoms with Gasteiger partial charge < -0.3 is 4.90 Å². The summed E-state index contributed by atoms with van der Waals surface area (Å²) in [5, 5.41) is 0. The lowest BCUT2D eigenvalue weighted by Gasteiger charge is -2.23. The van der Waals surface area contributed by atoms with Crippen LogP contribution in [0.1, 0.15) is 36.1 Å². The molecule has 0 spiro atoms. The van der Waals surface area contributed by atoms with Gasteiger partial charge in [0.25, 0.3) is 0 Å². The molecule has 4 nitrogen and oxygen atoms in total. The molecule has 1 aliphatic heterocycles. The summed E-state index contributed by atoms with van der Waals surface area (Å²) >= 11 is 0. The van der Waals surface area contributed by atoms with E-state index in [1.807, 2.05) is 47.4 Å². The van der Waals surface area contributed by atoms with Crippen LogP contribution in [0.15, 0.2) is 61.4 Å². The van der Waals surface area contributed by atoms with Gasteiger partial charge in [-0.15, -0.1) is 6.58 Å². The van der Waals surface area contributed by atoms with Gasteiger partial charge >= 0.3 is 0 Å². The molecule has 0 saturated carbocycles. The molecule has 0 aliphatic carbocycles. The molecule has 23 heavy (non-hydrogen) atoms. The Morgan fingerprint density at radius 1 is 1.26 bits per heavy atom. The number of hydrogen-bond acceptors (Lipinski definition) is 3. The van der Waals surface area contributed by atoms with Crippen LogP contribution in [-0.2, 0) is 4.79 Å². The summed E-state index contributed by atoms with van der Waals surface area (Å²) in [5.41, 5.74) is 1.05. The van der Waals surface area contributed by atoms with Gasteiger partial charge in [-0.05, 0) is 24.5 Å². The van der Waals surface area contributed by atoms with Crippen molar-refractivity contribution >= 4 is 5.91 Å². The Bertz CT molecular complexity index is 657. The molecule has 2 heterocycles. The van der Waals surface area contributed by atoms with E-state index in [0.717, 1.165) is 24.4 Å². The van der Waals surface area contributed by atoms with Crippen molar-refractivity contribution in [2.75, 3.05) is 13.1 Å². The molecular formula is C19H21N3O. The number of likely N-dealkylation sites (tertiary alicyclic amines) is 1. The van der Waals surface area contributed by atoms with E-state index < -0.39 is 0 Å². The van der Waals surface area contributed by atoms with Crippen LogP contribution in [0.2, 0.25) is 0 Å². The van der Waals surface area contributed by atoms with E-state index >= 15 is 0 Å². The highest BCUT2D eigenvalue weighted by Gasteiger charge is 2.32. The first kappa shape index (κ1) is 15.4. The number of carbonyl (C=O) groups is 1. The van der Waals surface area contributed by atoms with Crippen molar-refractivity contribution in [3.63, 3.8) is 0 Å². The standard InChI is InChI=1S/C19H21N3O/c1-2-7-17(15-8-4-3-5-9-15)19(23)22-13-10-16(14-22)18-20-11-6-12-21-18/h2-6,8-9,11-12,16-17H,1,7,10,13-14H2. The SMILES string of the molecule is C=CCC(C(=O)N1CCC(c2ncccn2)C1)c1ccccc1. The molecule has 2 unspecified atom stereocenters. The quantitative estimate of drug-likeness (QED) is 0.797. The molecule has 2 atom stereocenters. The first-order valence-corrected chi connectivity index (χ1v) is 8.01. The second-order valence-corrected chi connectivity index (χ2v) is 5.86. The summed E-state index contributed by atoms with van der Waals surface area (Å²) in [6.07, 6.45) is 6.93. The summed E-state index contributed by atoms with van der Waals surface area (Å²) in [6.45, 7) is 5.27. The molecule has 2 aromatic rings. The Kier molecular flexibility index (Phi) is 4.81. The third kappa shape index (κ3) is 3.47. The zero-order valence-electron chi connectivity index (χ0n) is 13.1. The van der Waals surface area contributed by atoms with Crippen LogP contribution in [0.25, 0.3) is 0 Å². The Morgan fingerprint density at radius 2 is 2.00 bits per heavy atom. The number of amides is 1. The fourth-order valence-electron chi connectivity index (χ4n) is 3.14. The van der Waals surface area contributed by atoms with E-state index in [1.54, 1.807) is 12.4 Å². The normalized spacial score (nSPS) is 18.6. The molecule has 1 amide bonds. The second-order valence-electron chi connectivity index (χ2n) is 5.86. The minimum absolute atomic E-state index is 0.149. The van der Waals surface area contributed by atoms with Gasteiger partial charge in [0, 0.05) is 31.4 Å². The smallest absolute Gasteiger partial charge is 0.230 e. The van der Waals surface area contributed by atoms with Gasteiger partial charge in [-0.3, -0.25) is 4.79 Å². The molecule has 1 aromatic heterocycles. The molecule has 3 rings (SSSR count). The average Bonchev–Trinajstić information content (AvgIpc) is 3.11. The van der Waals surface area contributed by atoms with E-state index in [9.17, 15) is 4.79 Å². The van der Waals surface area contributed by atoms with Crippen LogP contribution < -0.4 is 0 Å². The molecule has 0 radical (unpaired) electrons. The molecule has 1 fully saturated rings. The maximum atomic E-state index is 13.0. The van der Waals surface area contributed by atoms with Crippen LogP contribution >= 0.6 is 0 Å². The Hall–Kier alpha value is -2.49. The molecule has 118 valence electrons. The minimum atomic E-state index is -0.149. The lowest BCUT2D eigenvalue weighted by molar-refractivity contribution is -0.131. The van der Waals surface area contributed by atoms with Crippen molar-refractivity contribution < 1.29 is 4.79 Å². The van der Waals surface area contributed by atoms with Gasteiger partial charge in [0.05, 0.1) is 5.92 Å². The van der Waals surface area contributed by atoms with E-state index in [4.69, 9.17) is 0 Å². The summed E-state index contributed by atoms with van der Waals surface area (Å²) in [7, 11) is 0. The fraction of sp³-hybridized carbons (Fsp3) is 0.316. The summed E-state index contributed by atoms with van der Waals surface area (Å²) in [5.74, 6) is 1.10. The molecule has 0 bridgehead atoms. The average molecular weight is 307 g/mol. The van der Waals surface area contributed by atoms with Crippen molar-refractivity contribution in [3.8, 4) is 0 Å². The third-order valence-corrected chi connectivity index (χ3v) is 4.35. The number of benzene rings is 1. The van der Waals surface area contributed by atoms with Crippen LogP contribution in [0.3, 0.4) is 0 Å². The van der Waals surface area contributed by atoms with E-state index in [-0.39, 0.29) is 17.7 Å². The highest BCUT2D eigenvalue weighted by molar-refractivity contribution is 5.84. The topological polar surface area (TPSA) is 46.1 Å². The molecule has 0 N–H and O–H groups in total. The minimum Gasteiger partial charge on any atom is -0.341 e. The maximum Gasteiger partial charge on any atom is 0.230 e. The number of allylic oxidation sites excluding steroid dienone is 1. The maximum absolute atomic E-state index is 13.0. The van der Waals surface area contributed by atoms with Gasteiger partial charge in [-0.1, -0.05) is 36.4 Å². The summed E-state index contributed by atoms with van der Waals surface area (Å²) < 4.78 is 0. The summed E-state index contributed by atoms with van der Waals surface area (Å²) in [6, 6.07) is 11.8. The highest BCUT2D eigenvalue weighted by atomic mass is 16.2. The largest absolute Gasteiger partial charge is 0.341 e. The van der Waals surface area contributed by atoms with Crippen LogP contribution in [0, 0.1) is 0 Å². The lowest BCUT2D eigenvalue weighted by Crippen LogP contribution is -2.33. The number of nitrogens with zero attached hydrogens (tertiary/aromatic N) is 3. The van der Waals surface area contributed by atoms with E-state index in [2.05, 4.69) is 16.5 Å². The van der Waals surface area contributed by atoms with Crippen LogP contribution in [-0.4, -0.2) is 33.9 Å². The first-order chi connectivity index (χ1) is 11.3. The van der Waals surface area contributed by atoms with Gasteiger partial charge in [0.2, 0.25) is 5.91 Å². The molecule has 4 heteroatoms. The van der Waals surface area contributed by atoms with Gasteiger partial charge in [-0.25, -0.2) is 9.97 Å². The fourth-order valence-corrected chi connectivity index (χ4v) is 3.14. The monoisotopic (exact) mass is 307 g/mol. The molecular weight excluding hydrogens is 286 g/mol. The predicted molar refractivity (Wildman–Crippen MR) is 90.0 cm³/mol. The van der Waals surface area contributed by atoms with Crippen molar-refractivity contribution in [2.24, 2.45) is 0 Å². The van der Waals surface area contributed by atoms with Crippen LogP contribution in [0.5, 0.6) is 0 Å². The third-order valence-electron chi connectivity index (χ3n) is 4.35. The Morgan fingerprint density at radius 3 is 2.70 bits per heavy atom. The number of aromatic nitrogens is 2. The van der Waals surface area contributed by atoms with Crippen LogP contribution in [0.4, 0.5) is 0 Å².